The molecular formula is C13H22N6O2. The Morgan fingerprint density at radius 3 is 2.57 bits per heavy atom. The fraction of sp³-hybridized carbons (Fsp3) is 0.615. The summed E-state index contributed by atoms with van der Waals surface area (Å²) in [5.41, 5.74) is -0.0554. The Morgan fingerprint density at radius 1 is 1.29 bits per heavy atom. The van der Waals surface area contributed by atoms with E-state index < -0.39 is 0 Å². The molecule has 0 bridgehead atoms. The second-order valence-corrected chi connectivity index (χ2v) is 5.49. The molecule has 0 saturated carbocycles. The minimum Gasteiger partial charge on any atom is -0.354 e. The minimum atomic E-state index is -0.384. The number of likely N-dealkylation sites (N-methyl/N-ethyl adjacent to an activating group) is 1. The summed E-state index contributed by atoms with van der Waals surface area (Å²) in [5, 5.41) is 3.14. The molecule has 8 heteroatoms. The summed E-state index contributed by atoms with van der Waals surface area (Å²) in [4.78, 5) is 33.3. The van der Waals surface area contributed by atoms with E-state index in [9.17, 15) is 9.59 Å². The molecule has 0 spiro atoms. The maximum absolute atomic E-state index is 12.0. The number of fused-ring (bicyclic) bond motifs is 1. The van der Waals surface area contributed by atoms with Gasteiger partial charge in [0.1, 0.15) is 0 Å². The summed E-state index contributed by atoms with van der Waals surface area (Å²) in [6.45, 7) is 5.80. The molecule has 0 radical (unpaired) electrons. The lowest BCUT2D eigenvalue weighted by atomic mass is 10.3. The summed E-state index contributed by atoms with van der Waals surface area (Å²) in [5.74, 6) is 0.500. The van der Waals surface area contributed by atoms with Crippen molar-refractivity contribution < 1.29 is 0 Å². The summed E-state index contributed by atoms with van der Waals surface area (Å²) in [6.07, 6.45) is 0. The van der Waals surface area contributed by atoms with Gasteiger partial charge in [0.25, 0.3) is 5.56 Å². The van der Waals surface area contributed by atoms with Gasteiger partial charge in [-0.2, -0.15) is 4.98 Å². The number of H-pyrrole nitrogens is 1. The predicted octanol–water partition coefficient (Wildman–Crippen LogP) is -0.288. The van der Waals surface area contributed by atoms with Crippen LogP contribution in [0.25, 0.3) is 11.2 Å². The first-order valence-corrected chi connectivity index (χ1v) is 6.92. The van der Waals surface area contributed by atoms with Gasteiger partial charge in [0, 0.05) is 33.2 Å². The number of aryl methyl sites for hydroxylation is 1. The van der Waals surface area contributed by atoms with Gasteiger partial charge in [-0.1, -0.05) is 0 Å². The van der Waals surface area contributed by atoms with E-state index in [0.717, 1.165) is 11.1 Å². The molecule has 2 N–H and O–H groups in total. The van der Waals surface area contributed by atoms with Gasteiger partial charge in [0.15, 0.2) is 11.2 Å². The Balaban J connectivity index is 2.24. The van der Waals surface area contributed by atoms with Crippen LogP contribution in [0.5, 0.6) is 0 Å². The highest BCUT2D eigenvalue weighted by Crippen LogP contribution is 2.07. The van der Waals surface area contributed by atoms with Crippen LogP contribution in [0.1, 0.15) is 13.8 Å². The zero-order chi connectivity index (χ0) is 15.7. The molecule has 0 unspecified atom stereocenters. The van der Waals surface area contributed by atoms with Crippen molar-refractivity contribution in [2.45, 2.75) is 19.9 Å². The average molecular weight is 294 g/mol. The van der Waals surface area contributed by atoms with E-state index in [1.54, 1.807) is 7.05 Å². The smallest absolute Gasteiger partial charge is 0.332 e. The van der Waals surface area contributed by atoms with E-state index >= 15 is 0 Å². The fourth-order valence-electron chi connectivity index (χ4n) is 2.02. The van der Waals surface area contributed by atoms with E-state index in [4.69, 9.17) is 0 Å². The zero-order valence-electron chi connectivity index (χ0n) is 13.1. The fourth-order valence-corrected chi connectivity index (χ4v) is 2.02. The van der Waals surface area contributed by atoms with Crippen molar-refractivity contribution in [3.63, 3.8) is 0 Å². The quantitative estimate of drug-likeness (QED) is 0.791. The first kappa shape index (κ1) is 15.3. The van der Waals surface area contributed by atoms with Gasteiger partial charge in [-0.25, -0.2) is 4.79 Å². The summed E-state index contributed by atoms with van der Waals surface area (Å²) in [7, 11) is 5.10. The molecule has 0 aliphatic carbocycles. The molecule has 0 atom stereocenters. The topological polar surface area (TPSA) is 88.0 Å². The number of nitrogens with zero attached hydrogens (tertiary/aromatic N) is 4. The molecule has 0 aliphatic heterocycles. The van der Waals surface area contributed by atoms with Crippen molar-refractivity contribution in [2.24, 2.45) is 14.1 Å². The van der Waals surface area contributed by atoms with Gasteiger partial charge in [-0.05, 0) is 20.9 Å². The highest BCUT2D eigenvalue weighted by atomic mass is 16.2. The van der Waals surface area contributed by atoms with Crippen molar-refractivity contribution in [1.29, 1.82) is 0 Å². The normalized spacial score (nSPS) is 11.8. The van der Waals surface area contributed by atoms with Crippen LogP contribution in [0.3, 0.4) is 0 Å². The second-order valence-electron chi connectivity index (χ2n) is 5.49. The molecule has 2 heterocycles. The lowest BCUT2D eigenvalue weighted by molar-refractivity contribution is 0.284. The molecule has 8 nitrogen and oxygen atoms in total. The van der Waals surface area contributed by atoms with E-state index in [1.165, 1.54) is 11.6 Å². The number of aromatic nitrogens is 4. The highest BCUT2D eigenvalue weighted by molar-refractivity contribution is 5.72. The third kappa shape index (κ3) is 2.85. The molecule has 0 saturated heterocycles. The van der Waals surface area contributed by atoms with Crippen LogP contribution in [0.4, 0.5) is 5.95 Å². The van der Waals surface area contributed by atoms with Crippen LogP contribution in [0, 0.1) is 0 Å². The van der Waals surface area contributed by atoms with Crippen LogP contribution in [-0.4, -0.2) is 50.2 Å². The maximum Gasteiger partial charge on any atom is 0.332 e. The number of nitrogens with one attached hydrogen (secondary N) is 2. The van der Waals surface area contributed by atoms with Crippen LogP contribution in [0.2, 0.25) is 0 Å². The number of aromatic amines is 1. The van der Waals surface area contributed by atoms with Crippen molar-refractivity contribution in [3.8, 4) is 0 Å². The summed E-state index contributed by atoms with van der Waals surface area (Å²) < 4.78 is 2.43. The Morgan fingerprint density at radius 2 is 1.95 bits per heavy atom. The Kier molecular flexibility index (Phi) is 4.17. The summed E-state index contributed by atoms with van der Waals surface area (Å²) in [6, 6.07) is 0.468. The molecule has 0 fully saturated rings. The molecule has 2 aromatic heterocycles. The minimum absolute atomic E-state index is 0.333. The van der Waals surface area contributed by atoms with Crippen LogP contribution in [-0.2, 0) is 14.1 Å². The number of anilines is 1. The Hall–Kier alpha value is -2.09. The van der Waals surface area contributed by atoms with Gasteiger partial charge in [-0.15, -0.1) is 0 Å². The third-order valence-electron chi connectivity index (χ3n) is 3.73. The van der Waals surface area contributed by atoms with E-state index in [-0.39, 0.29) is 11.2 Å². The molecule has 2 aromatic rings. The van der Waals surface area contributed by atoms with E-state index in [1.807, 2.05) is 7.05 Å². The number of hydrogen-bond donors (Lipinski definition) is 2. The van der Waals surface area contributed by atoms with Gasteiger partial charge in [0.05, 0.1) is 0 Å². The maximum atomic E-state index is 12.0. The second kappa shape index (κ2) is 5.72. The van der Waals surface area contributed by atoms with Crippen molar-refractivity contribution in [2.75, 3.05) is 25.5 Å². The number of hydrogen-bond acceptors (Lipinski definition) is 5. The number of rotatable bonds is 5. The zero-order valence-corrected chi connectivity index (χ0v) is 13.1. The highest BCUT2D eigenvalue weighted by Gasteiger charge is 2.13. The lowest BCUT2D eigenvalue weighted by Crippen LogP contribution is -2.36. The monoisotopic (exact) mass is 294 g/mol. The predicted molar refractivity (Wildman–Crippen MR) is 82.8 cm³/mol. The molecular weight excluding hydrogens is 272 g/mol. The van der Waals surface area contributed by atoms with E-state index in [0.29, 0.717) is 29.7 Å². The molecule has 2 rings (SSSR count). The standard InChI is InChI=1S/C13H22N6O2/c1-8(2)17(3)7-6-14-12-15-9-10(16-12)18(4)13(21)19(5)11(9)20/h8H,6-7H2,1-5H3,(H2,14,15,16). The SMILES string of the molecule is CC(C)N(C)CCNc1nc2c([nH]1)c(=O)n(C)c(=O)n2C. The van der Waals surface area contributed by atoms with Crippen molar-refractivity contribution in [3.05, 3.63) is 20.8 Å². The molecule has 21 heavy (non-hydrogen) atoms. The Bertz CT molecular complexity index is 754. The lowest BCUT2D eigenvalue weighted by Gasteiger charge is -2.20. The molecule has 116 valence electrons. The van der Waals surface area contributed by atoms with E-state index in [2.05, 4.69) is 34.0 Å². The molecule has 0 amide bonds. The van der Waals surface area contributed by atoms with Crippen LogP contribution < -0.4 is 16.6 Å². The van der Waals surface area contributed by atoms with Gasteiger partial charge in [0.2, 0.25) is 5.95 Å². The van der Waals surface area contributed by atoms with Crippen LogP contribution >= 0.6 is 0 Å². The largest absolute Gasteiger partial charge is 0.354 e. The average Bonchev–Trinajstić information content (AvgIpc) is 2.87. The van der Waals surface area contributed by atoms with Gasteiger partial charge >= 0.3 is 5.69 Å². The van der Waals surface area contributed by atoms with Gasteiger partial charge < -0.3 is 15.2 Å². The van der Waals surface area contributed by atoms with Crippen molar-refractivity contribution >= 4 is 17.1 Å². The van der Waals surface area contributed by atoms with Gasteiger partial charge in [-0.3, -0.25) is 13.9 Å². The molecule has 0 aliphatic rings. The Labute approximate surface area is 122 Å². The van der Waals surface area contributed by atoms with Crippen molar-refractivity contribution in [1.82, 2.24) is 24.0 Å². The third-order valence-corrected chi connectivity index (χ3v) is 3.73. The molecule has 0 aromatic carbocycles. The first-order valence-electron chi connectivity index (χ1n) is 6.92. The number of imidazole rings is 1. The first-order chi connectivity index (χ1) is 9.82. The van der Waals surface area contributed by atoms with Crippen LogP contribution in [0.15, 0.2) is 9.59 Å². The summed E-state index contributed by atoms with van der Waals surface area (Å²) >= 11 is 0.